The molecule has 8 nitrogen and oxygen atoms in total. The van der Waals surface area contributed by atoms with Gasteiger partial charge in [0.15, 0.2) is 0 Å². The van der Waals surface area contributed by atoms with Gasteiger partial charge in [-0.2, -0.15) is 0 Å². The van der Waals surface area contributed by atoms with Gasteiger partial charge in [-0.15, -0.1) is 0 Å². The summed E-state index contributed by atoms with van der Waals surface area (Å²) in [6, 6.07) is 12.0. The fraction of sp³-hybridized carbons (Fsp3) is 0.500. The zero-order chi connectivity index (χ0) is 28.1. The Bertz CT molecular complexity index is 1250. The lowest BCUT2D eigenvalue weighted by atomic mass is 9.94. The van der Waals surface area contributed by atoms with Gasteiger partial charge < -0.3 is 29.1 Å². The molecule has 0 spiro atoms. The summed E-state index contributed by atoms with van der Waals surface area (Å²) < 4.78 is 17.2. The predicted molar refractivity (Wildman–Crippen MR) is 149 cm³/mol. The summed E-state index contributed by atoms with van der Waals surface area (Å²) >= 11 is 0. The first-order valence-electron chi connectivity index (χ1n) is 14.7. The normalized spacial score (nSPS) is 22.4. The summed E-state index contributed by atoms with van der Waals surface area (Å²) in [6.07, 6.45) is 4.61. The second-order valence-corrected chi connectivity index (χ2v) is 11.0. The second kappa shape index (κ2) is 12.9. The minimum absolute atomic E-state index is 0.0127. The molecule has 40 heavy (non-hydrogen) atoms. The Morgan fingerprint density at radius 1 is 1.10 bits per heavy atom. The number of likely N-dealkylation sites (tertiary alicyclic amines) is 1. The van der Waals surface area contributed by atoms with Gasteiger partial charge >= 0.3 is 0 Å². The molecule has 0 aliphatic carbocycles. The molecule has 2 aromatic rings. The Morgan fingerprint density at radius 3 is 2.73 bits per heavy atom. The fourth-order valence-corrected chi connectivity index (χ4v) is 5.89. The molecular formula is C32H40N2O6. The van der Waals surface area contributed by atoms with Gasteiger partial charge in [-0.3, -0.25) is 9.59 Å². The Kier molecular flexibility index (Phi) is 9.07. The van der Waals surface area contributed by atoms with Crippen LogP contribution in [0.4, 0.5) is 0 Å². The summed E-state index contributed by atoms with van der Waals surface area (Å²) in [4.78, 5) is 29.9. The van der Waals surface area contributed by atoms with Gasteiger partial charge in [0.1, 0.15) is 30.7 Å². The molecule has 0 saturated carbocycles. The lowest BCUT2D eigenvalue weighted by molar-refractivity contribution is -0.908. The molecule has 2 saturated heterocycles. The van der Waals surface area contributed by atoms with Crippen LogP contribution in [0.1, 0.15) is 62.3 Å². The molecule has 214 valence electrons. The maximum atomic E-state index is 13.9. The van der Waals surface area contributed by atoms with Crippen molar-refractivity contribution in [2.75, 3.05) is 46.0 Å². The van der Waals surface area contributed by atoms with Crippen LogP contribution in [-0.4, -0.2) is 68.7 Å². The minimum Gasteiger partial charge on any atom is -0.872 e. The van der Waals surface area contributed by atoms with E-state index >= 15 is 0 Å². The molecule has 2 unspecified atom stereocenters. The van der Waals surface area contributed by atoms with Crippen LogP contribution in [-0.2, 0) is 20.7 Å². The van der Waals surface area contributed by atoms with Crippen molar-refractivity contribution in [3.63, 3.8) is 0 Å². The van der Waals surface area contributed by atoms with Crippen molar-refractivity contribution >= 4 is 17.4 Å². The number of unbranched alkanes of at least 4 members (excludes halogenated alkanes) is 2. The van der Waals surface area contributed by atoms with Crippen molar-refractivity contribution in [1.82, 2.24) is 4.90 Å². The number of hydrogen-bond acceptors (Lipinski definition) is 6. The Morgan fingerprint density at radius 2 is 1.93 bits per heavy atom. The van der Waals surface area contributed by atoms with E-state index in [1.165, 1.54) is 4.90 Å². The van der Waals surface area contributed by atoms with Gasteiger partial charge in [0.05, 0.1) is 32.4 Å². The zero-order valence-electron chi connectivity index (χ0n) is 23.6. The highest BCUT2D eigenvalue weighted by atomic mass is 16.5. The van der Waals surface area contributed by atoms with Gasteiger partial charge in [0.25, 0.3) is 5.91 Å². The maximum absolute atomic E-state index is 13.9. The van der Waals surface area contributed by atoms with Crippen molar-refractivity contribution in [1.29, 1.82) is 0 Å². The highest BCUT2D eigenvalue weighted by molar-refractivity contribution is 6.46. The number of nitrogens with one attached hydrogen (secondary N) is 1. The molecule has 3 aliphatic rings. The molecule has 5 rings (SSSR count). The van der Waals surface area contributed by atoms with Gasteiger partial charge in [0.2, 0.25) is 5.78 Å². The number of Topliss-reactive ketones (excluding diaryl/α,β-unsaturated/α-hetero) is 1. The number of ketones is 1. The molecule has 2 atom stereocenters. The second-order valence-electron chi connectivity index (χ2n) is 11.0. The third kappa shape index (κ3) is 6.18. The minimum atomic E-state index is -0.755. The molecule has 3 aliphatic heterocycles. The van der Waals surface area contributed by atoms with Crippen LogP contribution in [0.15, 0.2) is 48.0 Å². The largest absolute Gasteiger partial charge is 0.872 e. The predicted octanol–water partition coefficient (Wildman–Crippen LogP) is 2.11. The van der Waals surface area contributed by atoms with Crippen LogP contribution in [0.3, 0.4) is 0 Å². The van der Waals surface area contributed by atoms with Gasteiger partial charge in [-0.05, 0) is 54.3 Å². The number of morpholine rings is 1. The van der Waals surface area contributed by atoms with E-state index < -0.39 is 23.5 Å². The summed E-state index contributed by atoms with van der Waals surface area (Å²) in [5.74, 6) is -0.291. The monoisotopic (exact) mass is 548 g/mol. The van der Waals surface area contributed by atoms with Crippen LogP contribution in [0.25, 0.3) is 5.76 Å². The first-order valence-corrected chi connectivity index (χ1v) is 14.7. The Hall–Kier alpha value is -3.36. The van der Waals surface area contributed by atoms with E-state index in [9.17, 15) is 14.7 Å². The third-order valence-corrected chi connectivity index (χ3v) is 8.01. The van der Waals surface area contributed by atoms with E-state index in [4.69, 9.17) is 14.2 Å². The summed E-state index contributed by atoms with van der Waals surface area (Å²) in [7, 11) is 0. The average molecular weight is 549 g/mol. The molecule has 1 amide bonds. The third-order valence-electron chi connectivity index (χ3n) is 8.01. The Balaban J connectivity index is 1.46. The lowest BCUT2D eigenvalue weighted by Gasteiger charge is -2.29. The van der Waals surface area contributed by atoms with E-state index in [1.54, 1.807) is 23.1 Å². The fourth-order valence-electron chi connectivity index (χ4n) is 5.89. The van der Waals surface area contributed by atoms with E-state index in [0.29, 0.717) is 36.4 Å². The van der Waals surface area contributed by atoms with Crippen molar-refractivity contribution in [3.05, 3.63) is 64.7 Å². The van der Waals surface area contributed by atoms with Crippen molar-refractivity contribution in [2.45, 2.75) is 58.1 Å². The summed E-state index contributed by atoms with van der Waals surface area (Å²) in [5, 5.41) is 13.9. The lowest BCUT2D eigenvalue weighted by Crippen LogP contribution is -3.14. The standard InChI is InChI=1S/C32H40N2O6/c1-3-4-5-16-39-26-9-6-8-23(21-26)29-28(30(35)24-10-11-27-25(20-24)19-22(2)40-27)31(36)32(37)34(29)13-7-12-33-14-17-38-18-15-33/h6,8-11,20-22,29,35H,3-5,7,12-19H2,1-2H3. The molecule has 3 heterocycles. The van der Waals surface area contributed by atoms with Crippen molar-refractivity contribution < 1.29 is 33.8 Å². The highest BCUT2D eigenvalue weighted by Gasteiger charge is 2.44. The van der Waals surface area contributed by atoms with Crippen LogP contribution in [0.2, 0.25) is 0 Å². The average Bonchev–Trinajstić information content (AvgIpc) is 3.46. The topological polar surface area (TPSA) is 92.6 Å². The zero-order valence-corrected chi connectivity index (χ0v) is 23.6. The first-order chi connectivity index (χ1) is 19.5. The van der Waals surface area contributed by atoms with Gasteiger partial charge in [0, 0.05) is 25.0 Å². The number of benzene rings is 2. The smallest absolute Gasteiger partial charge is 0.295 e. The quantitative estimate of drug-likeness (QED) is 0.200. The van der Waals surface area contributed by atoms with Crippen LogP contribution >= 0.6 is 0 Å². The maximum Gasteiger partial charge on any atom is 0.295 e. The molecule has 0 aromatic heterocycles. The number of fused-ring (bicyclic) bond motifs is 1. The number of rotatable bonds is 11. The van der Waals surface area contributed by atoms with Crippen molar-refractivity contribution in [2.24, 2.45) is 0 Å². The van der Waals surface area contributed by atoms with E-state index in [1.807, 2.05) is 31.2 Å². The number of amides is 1. The molecule has 0 radical (unpaired) electrons. The molecule has 2 fully saturated rings. The number of hydrogen-bond donors (Lipinski definition) is 1. The molecular weight excluding hydrogens is 508 g/mol. The number of ether oxygens (including phenoxy) is 3. The summed E-state index contributed by atoms with van der Waals surface area (Å²) in [6.45, 7) is 9.34. The SMILES string of the molecule is CCCCCOc1cccc(C2C(=C([O-])c3ccc4c(c3)CC(C)O4)C(=O)C(=O)N2CCC[NH+]2CCOCC2)c1. The first kappa shape index (κ1) is 28.2. The highest BCUT2D eigenvalue weighted by Crippen LogP contribution is 2.40. The van der Waals surface area contributed by atoms with Crippen LogP contribution in [0, 0.1) is 0 Å². The summed E-state index contributed by atoms with van der Waals surface area (Å²) in [5.41, 5.74) is 2.08. The number of nitrogens with zero attached hydrogens (tertiary/aromatic N) is 1. The molecule has 2 aromatic carbocycles. The Labute approximate surface area is 236 Å². The molecule has 1 N–H and O–H groups in total. The van der Waals surface area contributed by atoms with Gasteiger partial charge in [-0.25, -0.2) is 0 Å². The van der Waals surface area contributed by atoms with E-state index in [2.05, 4.69) is 6.92 Å². The molecule has 8 heteroatoms. The number of carbonyl (C=O) groups excluding carboxylic acids is 2. The number of quaternary nitrogens is 1. The van der Waals surface area contributed by atoms with E-state index in [-0.39, 0.29) is 11.7 Å². The van der Waals surface area contributed by atoms with Crippen LogP contribution in [0.5, 0.6) is 11.5 Å². The number of carbonyl (C=O) groups is 2. The van der Waals surface area contributed by atoms with Crippen molar-refractivity contribution in [3.8, 4) is 11.5 Å². The van der Waals surface area contributed by atoms with E-state index in [0.717, 1.165) is 69.8 Å². The van der Waals surface area contributed by atoms with Crippen LogP contribution < -0.4 is 19.5 Å². The van der Waals surface area contributed by atoms with Gasteiger partial charge in [-0.1, -0.05) is 43.7 Å². The molecule has 0 bridgehead atoms.